The van der Waals surface area contributed by atoms with Gasteiger partial charge in [-0.3, -0.25) is 4.79 Å². The third-order valence-corrected chi connectivity index (χ3v) is 3.66. The first-order chi connectivity index (χ1) is 8.63. The Labute approximate surface area is 108 Å². The van der Waals surface area contributed by atoms with Crippen LogP contribution in [0, 0.1) is 6.92 Å². The van der Waals surface area contributed by atoms with E-state index in [0.717, 1.165) is 32.7 Å². The summed E-state index contributed by atoms with van der Waals surface area (Å²) >= 11 is 0. The molecule has 0 bridgehead atoms. The Kier molecular flexibility index (Phi) is 4.33. The predicted molar refractivity (Wildman–Crippen MR) is 70.3 cm³/mol. The second-order valence-corrected chi connectivity index (χ2v) is 5.31. The molecule has 0 aromatic heterocycles. The third kappa shape index (κ3) is 3.82. The van der Waals surface area contributed by atoms with Gasteiger partial charge >= 0.3 is 0 Å². The predicted octanol–water partition coefficient (Wildman–Crippen LogP) is -2.24. The van der Waals surface area contributed by atoms with Gasteiger partial charge in [0.25, 0.3) is 5.91 Å². The Hall–Kier alpha value is -1.39. The fourth-order valence-corrected chi connectivity index (χ4v) is 2.55. The van der Waals surface area contributed by atoms with Crippen molar-refractivity contribution in [2.45, 2.75) is 13.5 Å². The molecule has 0 spiro atoms. The van der Waals surface area contributed by atoms with Crippen molar-refractivity contribution in [1.29, 1.82) is 0 Å². The van der Waals surface area contributed by atoms with Crippen molar-refractivity contribution < 1.29 is 14.6 Å². The zero-order valence-corrected chi connectivity index (χ0v) is 11.0. The summed E-state index contributed by atoms with van der Waals surface area (Å²) in [5, 5.41) is 0. The molecule has 0 radical (unpaired) electrons. The van der Waals surface area contributed by atoms with Crippen LogP contribution >= 0.6 is 0 Å². The standard InChI is InChI=1S/C14H21N3O/c1-12-2-4-13(5-3-12)10-16-6-8-17(9-7-16)11-14(15)18/h2-5H,6-11H2,1H3,(H2,15,18)/p+2. The van der Waals surface area contributed by atoms with Gasteiger partial charge in [0.2, 0.25) is 0 Å². The number of nitrogens with one attached hydrogen (secondary N) is 2. The highest BCUT2D eigenvalue weighted by molar-refractivity contribution is 5.74. The van der Waals surface area contributed by atoms with E-state index in [1.165, 1.54) is 16.0 Å². The van der Waals surface area contributed by atoms with E-state index in [-0.39, 0.29) is 5.91 Å². The van der Waals surface area contributed by atoms with Gasteiger partial charge in [-0.05, 0) is 6.92 Å². The van der Waals surface area contributed by atoms with E-state index in [9.17, 15) is 4.79 Å². The highest BCUT2D eigenvalue weighted by Gasteiger charge is 2.23. The van der Waals surface area contributed by atoms with Gasteiger partial charge in [-0.2, -0.15) is 0 Å². The molecule has 98 valence electrons. The van der Waals surface area contributed by atoms with Crippen LogP contribution in [-0.4, -0.2) is 38.6 Å². The molecule has 1 aromatic carbocycles. The molecule has 1 fully saturated rings. The number of carbonyl (C=O) groups is 1. The first-order valence-corrected chi connectivity index (χ1v) is 6.64. The molecule has 2 rings (SSSR count). The molecule has 1 aliphatic rings. The van der Waals surface area contributed by atoms with Crippen LogP contribution in [0.5, 0.6) is 0 Å². The molecule has 1 saturated heterocycles. The van der Waals surface area contributed by atoms with E-state index in [4.69, 9.17) is 5.73 Å². The van der Waals surface area contributed by atoms with E-state index in [2.05, 4.69) is 31.2 Å². The maximum Gasteiger partial charge on any atom is 0.272 e. The molecule has 0 saturated carbocycles. The molecule has 0 atom stereocenters. The van der Waals surface area contributed by atoms with E-state index in [1.807, 2.05) is 0 Å². The topological polar surface area (TPSA) is 52.0 Å². The van der Waals surface area contributed by atoms with Crippen LogP contribution in [0.3, 0.4) is 0 Å². The van der Waals surface area contributed by atoms with Crippen LogP contribution in [0.2, 0.25) is 0 Å². The average Bonchev–Trinajstić information content (AvgIpc) is 2.34. The van der Waals surface area contributed by atoms with Gasteiger partial charge in [0, 0.05) is 5.56 Å². The van der Waals surface area contributed by atoms with Crippen LogP contribution in [-0.2, 0) is 11.3 Å². The lowest BCUT2D eigenvalue weighted by molar-refractivity contribution is -1.02. The van der Waals surface area contributed by atoms with E-state index >= 15 is 0 Å². The molecule has 1 heterocycles. The molecular formula is C14H23N3O+2. The van der Waals surface area contributed by atoms with E-state index in [1.54, 1.807) is 4.90 Å². The lowest BCUT2D eigenvalue weighted by atomic mass is 10.1. The highest BCUT2D eigenvalue weighted by atomic mass is 16.1. The van der Waals surface area contributed by atoms with Crippen LogP contribution in [0.25, 0.3) is 0 Å². The van der Waals surface area contributed by atoms with E-state index in [0.29, 0.717) is 6.54 Å². The van der Waals surface area contributed by atoms with Crippen molar-refractivity contribution in [3.05, 3.63) is 35.4 Å². The second kappa shape index (κ2) is 5.98. The second-order valence-electron chi connectivity index (χ2n) is 5.31. The summed E-state index contributed by atoms with van der Waals surface area (Å²) in [5.41, 5.74) is 7.94. The highest BCUT2D eigenvalue weighted by Crippen LogP contribution is 2.01. The summed E-state index contributed by atoms with van der Waals surface area (Å²) < 4.78 is 0. The zero-order chi connectivity index (χ0) is 13.0. The van der Waals surface area contributed by atoms with Crippen molar-refractivity contribution in [3.63, 3.8) is 0 Å². The maximum atomic E-state index is 10.9. The number of piperazine rings is 1. The van der Waals surface area contributed by atoms with Gasteiger partial charge in [-0.15, -0.1) is 0 Å². The minimum atomic E-state index is -0.188. The van der Waals surface area contributed by atoms with Gasteiger partial charge in [0.1, 0.15) is 32.7 Å². The summed E-state index contributed by atoms with van der Waals surface area (Å²) in [7, 11) is 0. The van der Waals surface area contributed by atoms with Crippen molar-refractivity contribution in [3.8, 4) is 0 Å². The number of nitrogens with two attached hydrogens (primary N) is 1. The molecule has 0 aliphatic carbocycles. The number of quaternary nitrogens is 2. The molecular weight excluding hydrogens is 226 g/mol. The van der Waals surface area contributed by atoms with Gasteiger partial charge in [0.15, 0.2) is 6.54 Å². The Morgan fingerprint density at radius 3 is 2.22 bits per heavy atom. The number of aryl methyl sites for hydroxylation is 1. The molecule has 0 unspecified atom stereocenters. The fraction of sp³-hybridized carbons (Fsp3) is 0.500. The summed E-state index contributed by atoms with van der Waals surface area (Å²) in [6.07, 6.45) is 0. The summed E-state index contributed by atoms with van der Waals surface area (Å²) in [6, 6.07) is 8.77. The number of amides is 1. The SMILES string of the molecule is Cc1ccc(C[NH+]2CC[NH+](CC(N)=O)CC2)cc1. The number of benzene rings is 1. The van der Waals surface area contributed by atoms with Crippen molar-refractivity contribution in [2.24, 2.45) is 5.73 Å². The minimum Gasteiger partial charge on any atom is -0.365 e. The number of hydrogen-bond donors (Lipinski definition) is 3. The van der Waals surface area contributed by atoms with E-state index < -0.39 is 0 Å². The fourth-order valence-electron chi connectivity index (χ4n) is 2.55. The van der Waals surface area contributed by atoms with Crippen LogP contribution < -0.4 is 15.5 Å². The summed E-state index contributed by atoms with van der Waals surface area (Å²) in [4.78, 5) is 13.8. The number of hydrogen-bond acceptors (Lipinski definition) is 1. The van der Waals surface area contributed by atoms with Gasteiger partial charge in [-0.1, -0.05) is 29.8 Å². The monoisotopic (exact) mass is 249 g/mol. The normalized spacial score (nSPS) is 23.8. The number of rotatable bonds is 4. The van der Waals surface area contributed by atoms with Crippen molar-refractivity contribution in [1.82, 2.24) is 0 Å². The minimum absolute atomic E-state index is 0.188. The first kappa shape index (κ1) is 13.1. The van der Waals surface area contributed by atoms with Crippen molar-refractivity contribution in [2.75, 3.05) is 32.7 Å². The van der Waals surface area contributed by atoms with Crippen LogP contribution in [0.1, 0.15) is 11.1 Å². The third-order valence-electron chi connectivity index (χ3n) is 3.66. The Morgan fingerprint density at radius 1 is 1.11 bits per heavy atom. The van der Waals surface area contributed by atoms with Gasteiger partial charge in [-0.25, -0.2) is 0 Å². The average molecular weight is 249 g/mol. The Balaban J connectivity index is 1.79. The van der Waals surface area contributed by atoms with Gasteiger partial charge in [0.05, 0.1) is 0 Å². The molecule has 1 aromatic rings. The maximum absolute atomic E-state index is 10.9. The molecule has 1 aliphatic heterocycles. The number of carbonyl (C=O) groups excluding carboxylic acids is 1. The summed E-state index contributed by atoms with van der Waals surface area (Å²) in [5.74, 6) is -0.188. The molecule has 4 nitrogen and oxygen atoms in total. The molecule has 1 amide bonds. The number of primary amides is 1. The largest absolute Gasteiger partial charge is 0.365 e. The molecule has 4 N–H and O–H groups in total. The van der Waals surface area contributed by atoms with Crippen LogP contribution in [0.15, 0.2) is 24.3 Å². The van der Waals surface area contributed by atoms with Crippen molar-refractivity contribution >= 4 is 5.91 Å². The summed E-state index contributed by atoms with van der Waals surface area (Å²) in [6.45, 7) is 8.02. The molecule has 4 heteroatoms. The molecule has 18 heavy (non-hydrogen) atoms. The van der Waals surface area contributed by atoms with Crippen LogP contribution in [0.4, 0.5) is 0 Å². The smallest absolute Gasteiger partial charge is 0.272 e. The lowest BCUT2D eigenvalue weighted by Crippen LogP contribution is -3.28. The van der Waals surface area contributed by atoms with Gasteiger partial charge < -0.3 is 15.5 Å². The first-order valence-electron chi connectivity index (χ1n) is 6.64. The zero-order valence-electron chi connectivity index (χ0n) is 11.0. The Bertz CT molecular complexity index is 394. The Morgan fingerprint density at radius 2 is 1.67 bits per heavy atom. The lowest BCUT2D eigenvalue weighted by Gasteiger charge is -2.29. The quantitative estimate of drug-likeness (QED) is 0.555.